The summed E-state index contributed by atoms with van der Waals surface area (Å²) >= 11 is 0. The van der Waals surface area contributed by atoms with Crippen LogP contribution in [-0.4, -0.2) is 0 Å². The lowest BCUT2D eigenvalue weighted by atomic mass is 9.80. The highest BCUT2D eigenvalue weighted by atomic mass is 19.4. The van der Waals surface area contributed by atoms with Crippen LogP contribution in [0.1, 0.15) is 42.9 Å². The summed E-state index contributed by atoms with van der Waals surface area (Å²) < 4.78 is 51.5. The summed E-state index contributed by atoms with van der Waals surface area (Å²) in [6.07, 6.45) is -0.134. The van der Waals surface area contributed by atoms with Crippen molar-refractivity contribution in [1.82, 2.24) is 5.43 Å². The van der Waals surface area contributed by atoms with E-state index in [4.69, 9.17) is 5.84 Å². The number of alkyl halides is 3. The zero-order valence-corrected chi connectivity index (χ0v) is 11.5. The lowest BCUT2D eigenvalue weighted by molar-refractivity contribution is -0.140. The van der Waals surface area contributed by atoms with Gasteiger partial charge in [0.05, 0.1) is 5.56 Å². The number of hydrogen-bond donors (Lipinski definition) is 2. The van der Waals surface area contributed by atoms with Crippen LogP contribution in [0.15, 0.2) is 18.2 Å². The van der Waals surface area contributed by atoms with Crippen LogP contribution in [0.3, 0.4) is 0 Å². The standard InChI is InChI=1S/C15H18F4N2/c16-13-7-10(3-4-12(13)15(17,18)19)14(21-20)11-6-8-1-2-9(11)5-8/h3-4,7-9,11,14,21H,1-2,5-6,20H2. The van der Waals surface area contributed by atoms with Crippen LogP contribution in [-0.2, 0) is 6.18 Å². The fraction of sp³-hybridized carbons (Fsp3) is 0.600. The smallest absolute Gasteiger partial charge is 0.271 e. The number of benzene rings is 1. The maximum absolute atomic E-state index is 13.7. The van der Waals surface area contributed by atoms with Crippen molar-refractivity contribution in [3.05, 3.63) is 35.1 Å². The average molecular weight is 302 g/mol. The third kappa shape index (κ3) is 2.66. The second-order valence-electron chi connectivity index (χ2n) is 6.22. The Labute approximate surface area is 120 Å². The van der Waals surface area contributed by atoms with Gasteiger partial charge < -0.3 is 0 Å². The second-order valence-corrected chi connectivity index (χ2v) is 6.22. The highest BCUT2D eigenvalue weighted by molar-refractivity contribution is 5.29. The molecule has 4 atom stereocenters. The van der Waals surface area contributed by atoms with Crippen LogP contribution in [0.25, 0.3) is 0 Å². The van der Waals surface area contributed by atoms with Crippen molar-refractivity contribution in [1.29, 1.82) is 0 Å². The van der Waals surface area contributed by atoms with Crippen molar-refractivity contribution in [3.63, 3.8) is 0 Å². The third-order valence-corrected chi connectivity index (χ3v) is 5.06. The van der Waals surface area contributed by atoms with Crippen LogP contribution in [0.4, 0.5) is 17.6 Å². The van der Waals surface area contributed by atoms with Gasteiger partial charge in [-0.2, -0.15) is 13.2 Å². The van der Waals surface area contributed by atoms with Crippen LogP contribution in [0.5, 0.6) is 0 Å². The quantitative estimate of drug-likeness (QED) is 0.506. The van der Waals surface area contributed by atoms with Crippen LogP contribution >= 0.6 is 0 Å². The van der Waals surface area contributed by atoms with E-state index in [-0.39, 0.29) is 12.0 Å². The van der Waals surface area contributed by atoms with Crippen molar-refractivity contribution in [2.24, 2.45) is 23.6 Å². The molecule has 4 unspecified atom stereocenters. The minimum Gasteiger partial charge on any atom is -0.271 e. The van der Waals surface area contributed by atoms with E-state index in [9.17, 15) is 17.6 Å². The Hall–Kier alpha value is -1.14. The SMILES string of the molecule is NNC(c1ccc(C(F)(F)F)c(F)c1)C1CC2CCC1C2. The fourth-order valence-electron chi connectivity index (χ4n) is 4.12. The molecule has 1 aromatic carbocycles. The Bertz CT molecular complexity index is 529. The number of rotatable bonds is 3. The van der Waals surface area contributed by atoms with E-state index in [0.29, 0.717) is 17.4 Å². The molecule has 0 heterocycles. The lowest BCUT2D eigenvalue weighted by Gasteiger charge is -2.30. The molecule has 6 heteroatoms. The Morgan fingerprint density at radius 3 is 2.43 bits per heavy atom. The van der Waals surface area contributed by atoms with Gasteiger partial charge in [-0.05, 0) is 54.7 Å². The van der Waals surface area contributed by atoms with E-state index < -0.39 is 17.6 Å². The number of fused-ring (bicyclic) bond motifs is 2. The van der Waals surface area contributed by atoms with Gasteiger partial charge in [0.2, 0.25) is 0 Å². The molecule has 2 aliphatic carbocycles. The maximum atomic E-state index is 13.7. The van der Waals surface area contributed by atoms with Gasteiger partial charge in [0.15, 0.2) is 0 Å². The number of nitrogens with one attached hydrogen (secondary N) is 1. The van der Waals surface area contributed by atoms with Gasteiger partial charge in [-0.15, -0.1) is 0 Å². The van der Waals surface area contributed by atoms with Crippen molar-refractivity contribution in [2.45, 2.75) is 37.9 Å². The molecule has 0 spiro atoms. The first kappa shape index (κ1) is 14.8. The molecular formula is C15H18F4N2. The molecule has 0 aliphatic heterocycles. The van der Waals surface area contributed by atoms with Gasteiger partial charge in [0.25, 0.3) is 0 Å². The molecule has 3 rings (SSSR count). The van der Waals surface area contributed by atoms with Crippen molar-refractivity contribution >= 4 is 0 Å². The Kier molecular flexibility index (Phi) is 3.69. The third-order valence-electron chi connectivity index (χ3n) is 5.06. The summed E-state index contributed by atoms with van der Waals surface area (Å²) in [5.41, 5.74) is 1.96. The van der Waals surface area contributed by atoms with Gasteiger partial charge in [-0.25, -0.2) is 4.39 Å². The first-order valence-corrected chi connectivity index (χ1v) is 7.23. The van der Waals surface area contributed by atoms with Gasteiger partial charge in [-0.1, -0.05) is 12.5 Å². The fourth-order valence-corrected chi connectivity index (χ4v) is 4.12. The average Bonchev–Trinajstić information content (AvgIpc) is 3.00. The maximum Gasteiger partial charge on any atom is 0.419 e. The molecule has 0 radical (unpaired) electrons. The number of hydrazine groups is 1. The van der Waals surface area contributed by atoms with Crippen LogP contribution in [0, 0.1) is 23.6 Å². The van der Waals surface area contributed by atoms with E-state index in [1.807, 2.05) is 0 Å². The van der Waals surface area contributed by atoms with Crippen LogP contribution in [0.2, 0.25) is 0 Å². The number of halogens is 4. The number of nitrogens with two attached hydrogens (primary N) is 1. The van der Waals surface area contributed by atoms with E-state index in [1.54, 1.807) is 0 Å². The minimum atomic E-state index is -4.67. The molecule has 21 heavy (non-hydrogen) atoms. The molecule has 0 aromatic heterocycles. The molecule has 0 saturated heterocycles. The predicted octanol–water partition coefficient (Wildman–Crippen LogP) is 3.79. The largest absolute Gasteiger partial charge is 0.419 e. The molecule has 2 fully saturated rings. The number of hydrogen-bond acceptors (Lipinski definition) is 2. The summed E-state index contributed by atoms with van der Waals surface area (Å²) in [5, 5.41) is 0. The topological polar surface area (TPSA) is 38.0 Å². The van der Waals surface area contributed by atoms with Crippen molar-refractivity contribution < 1.29 is 17.6 Å². The van der Waals surface area contributed by atoms with Crippen molar-refractivity contribution in [3.8, 4) is 0 Å². The summed E-state index contributed by atoms with van der Waals surface area (Å²) in [6.45, 7) is 0. The molecule has 2 saturated carbocycles. The highest BCUT2D eigenvalue weighted by Gasteiger charge is 2.43. The van der Waals surface area contributed by atoms with E-state index in [2.05, 4.69) is 5.43 Å². The van der Waals surface area contributed by atoms with Gasteiger partial charge >= 0.3 is 6.18 Å². The zero-order valence-electron chi connectivity index (χ0n) is 11.5. The molecular weight excluding hydrogens is 284 g/mol. The monoisotopic (exact) mass is 302 g/mol. The first-order valence-electron chi connectivity index (χ1n) is 7.23. The Balaban J connectivity index is 1.86. The highest BCUT2D eigenvalue weighted by Crippen LogP contribution is 2.52. The zero-order chi connectivity index (χ0) is 15.2. The summed E-state index contributed by atoms with van der Waals surface area (Å²) in [6, 6.07) is 2.83. The molecule has 2 aliphatic rings. The molecule has 0 amide bonds. The van der Waals surface area contributed by atoms with E-state index in [0.717, 1.165) is 31.4 Å². The molecule has 1 aromatic rings. The predicted molar refractivity (Wildman–Crippen MR) is 70.4 cm³/mol. The van der Waals surface area contributed by atoms with Gasteiger partial charge in [-0.3, -0.25) is 11.3 Å². The Morgan fingerprint density at radius 2 is 1.95 bits per heavy atom. The molecule has 2 bridgehead atoms. The van der Waals surface area contributed by atoms with Crippen molar-refractivity contribution in [2.75, 3.05) is 0 Å². The van der Waals surface area contributed by atoms with Gasteiger partial charge in [0, 0.05) is 6.04 Å². The van der Waals surface area contributed by atoms with Gasteiger partial charge in [0.1, 0.15) is 5.82 Å². The lowest BCUT2D eigenvalue weighted by Crippen LogP contribution is -2.36. The molecule has 116 valence electrons. The summed E-state index contributed by atoms with van der Waals surface area (Å²) in [7, 11) is 0. The first-order chi connectivity index (χ1) is 9.90. The summed E-state index contributed by atoms with van der Waals surface area (Å²) in [4.78, 5) is 0. The normalized spacial score (nSPS) is 29.9. The Morgan fingerprint density at radius 1 is 1.19 bits per heavy atom. The molecule has 2 nitrogen and oxygen atoms in total. The van der Waals surface area contributed by atoms with E-state index >= 15 is 0 Å². The molecule has 3 N–H and O–H groups in total. The minimum absolute atomic E-state index is 0.280. The van der Waals surface area contributed by atoms with E-state index in [1.165, 1.54) is 12.5 Å². The summed E-state index contributed by atoms with van der Waals surface area (Å²) in [5.74, 6) is 5.88. The van der Waals surface area contributed by atoms with Crippen LogP contribution < -0.4 is 11.3 Å². The second kappa shape index (κ2) is 5.25.